The van der Waals surface area contributed by atoms with E-state index in [1.165, 1.54) is 0 Å². The summed E-state index contributed by atoms with van der Waals surface area (Å²) in [6.07, 6.45) is 1.96. The molecule has 0 aromatic heterocycles. The molecule has 1 atom stereocenters. The molecule has 18 heavy (non-hydrogen) atoms. The third-order valence-electron chi connectivity index (χ3n) is 3.27. The van der Waals surface area contributed by atoms with Crippen LogP contribution in [0.3, 0.4) is 0 Å². The van der Waals surface area contributed by atoms with Gasteiger partial charge in [0.25, 0.3) is 0 Å². The zero-order valence-electron chi connectivity index (χ0n) is 11.5. The first kappa shape index (κ1) is 14.9. The molecule has 0 aliphatic rings. The van der Waals surface area contributed by atoms with Gasteiger partial charge in [-0.3, -0.25) is 4.79 Å². The number of benzene rings is 1. The van der Waals surface area contributed by atoms with Gasteiger partial charge in [0, 0.05) is 20.1 Å². The van der Waals surface area contributed by atoms with Gasteiger partial charge >= 0.3 is 0 Å². The van der Waals surface area contributed by atoms with E-state index in [0.717, 1.165) is 23.1 Å². The summed E-state index contributed by atoms with van der Waals surface area (Å²) >= 11 is 0. The van der Waals surface area contributed by atoms with Gasteiger partial charge < -0.3 is 10.5 Å². The van der Waals surface area contributed by atoms with Crippen LogP contribution in [0.2, 0.25) is 0 Å². The highest BCUT2D eigenvalue weighted by atomic mass is 16.5. The molecule has 0 saturated carbocycles. The fraction of sp³-hybridized carbons (Fsp3) is 0.533. The van der Waals surface area contributed by atoms with Gasteiger partial charge in [0.2, 0.25) is 0 Å². The Morgan fingerprint density at radius 2 is 1.94 bits per heavy atom. The number of rotatable bonds is 7. The van der Waals surface area contributed by atoms with Crippen molar-refractivity contribution in [3.63, 3.8) is 0 Å². The van der Waals surface area contributed by atoms with Crippen molar-refractivity contribution in [1.82, 2.24) is 0 Å². The normalized spacial score (nSPS) is 12.4. The van der Waals surface area contributed by atoms with E-state index in [2.05, 4.69) is 0 Å². The van der Waals surface area contributed by atoms with E-state index in [4.69, 9.17) is 10.5 Å². The van der Waals surface area contributed by atoms with E-state index in [1.807, 2.05) is 32.0 Å². The van der Waals surface area contributed by atoms with Crippen LogP contribution in [0.4, 0.5) is 0 Å². The molecule has 0 heterocycles. The molecule has 0 fully saturated rings. The number of carbonyl (C=O) groups is 1. The summed E-state index contributed by atoms with van der Waals surface area (Å²) < 4.78 is 4.96. The second kappa shape index (κ2) is 7.29. The van der Waals surface area contributed by atoms with Gasteiger partial charge in [-0.05, 0) is 43.4 Å². The zero-order valence-corrected chi connectivity index (χ0v) is 11.5. The van der Waals surface area contributed by atoms with E-state index in [-0.39, 0.29) is 11.8 Å². The molecule has 1 rings (SSSR count). The minimum atomic E-state index is -0.376. The van der Waals surface area contributed by atoms with Crippen molar-refractivity contribution in [3.05, 3.63) is 34.9 Å². The summed E-state index contributed by atoms with van der Waals surface area (Å²) in [5.74, 6) is 0.114. The van der Waals surface area contributed by atoms with Crippen molar-refractivity contribution in [3.8, 4) is 0 Å². The van der Waals surface area contributed by atoms with Gasteiger partial charge in [-0.25, -0.2) is 0 Å². The summed E-state index contributed by atoms with van der Waals surface area (Å²) in [7, 11) is 1.66. The van der Waals surface area contributed by atoms with Gasteiger partial charge in [0.1, 0.15) is 0 Å². The number of methoxy groups -OCH3 is 1. The van der Waals surface area contributed by atoms with Crippen LogP contribution in [-0.4, -0.2) is 25.5 Å². The van der Waals surface area contributed by atoms with Crippen molar-refractivity contribution < 1.29 is 9.53 Å². The number of hydrogen-bond acceptors (Lipinski definition) is 3. The Hall–Kier alpha value is -1.19. The van der Waals surface area contributed by atoms with Crippen LogP contribution in [0.1, 0.15) is 29.5 Å². The first-order valence-corrected chi connectivity index (χ1v) is 6.38. The number of aryl methyl sites for hydroxylation is 2. The summed E-state index contributed by atoms with van der Waals surface area (Å²) in [6, 6.07) is 5.70. The number of Topliss-reactive ketones (excluding diaryl/α,β-unsaturated/α-hetero) is 1. The molecule has 0 amide bonds. The van der Waals surface area contributed by atoms with Crippen LogP contribution in [0.25, 0.3) is 0 Å². The molecular formula is C15H23NO2. The third-order valence-corrected chi connectivity index (χ3v) is 3.27. The molecule has 100 valence electrons. The minimum Gasteiger partial charge on any atom is -0.385 e. The van der Waals surface area contributed by atoms with Crippen molar-refractivity contribution in [2.24, 2.45) is 5.73 Å². The Labute approximate surface area is 109 Å². The Morgan fingerprint density at radius 3 is 2.50 bits per heavy atom. The first-order chi connectivity index (χ1) is 8.56. The number of ether oxygens (including phenoxy) is 1. The lowest BCUT2D eigenvalue weighted by Gasteiger charge is -2.13. The maximum absolute atomic E-state index is 12.0. The SMILES string of the molecule is COCCCC(N)C(=O)Cc1c(C)cccc1C. The van der Waals surface area contributed by atoms with Crippen LogP contribution < -0.4 is 5.73 Å². The molecule has 1 unspecified atom stereocenters. The number of ketones is 1. The lowest BCUT2D eigenvalue weighted by molar-refractivity contribution is -0.119. The van der Waals surface area contributed by atoms with Crippen molar-refractivity contribution >= 4 is 5.78 Å². The second-order valence-corrected chi connectivity index (χ2v) is 4.75. The predicted octanol–water partition coefficient (Wildman–Crippen LogP) is 2.17. The van der Waals surface area contributed by atoms with Gasteiger partial charge in [0.15, 0.2) is 5.78 Å². The quantitative estimate of drug-likeness (QED) is 0.753. The second-order valence-electron chi connectivity index (χ2n) is 4.75. The first-order valence-electron chi connectivity index (χ1n) is 6.38. The molecule has 1 aromatic carbocycles. The summed E-state index contributed by atoms with van der Waals surface area (Å²) in [5, 5.41) is 0. The molecule has 3 nitrogen and oxygen atoms in total. The Balaban J connectivity index is 2.58. The molecule has 1 aromatic rings. The highest BCUT2D eigenvalue weighted by Crippen LogP contribution is 2.15. The predicted molar refractivity (Wildman–Crippen MR) is 73.7 cm³/mol. The standard InChI is InChI=1S/C15H23NO2/c1-11-6-4-7-12(2)13(11)10-15(17)14(16)8-5-9-18-3/h4,6-7,14H,5,8-10,16H2,1-3H3. The number of nitrogens with two attached hydrogens (primary N) is 1. The Morgan fingerprint density at radius 1 is 1.33 bits per heavy atom. The van der Waals surface area contributed by atoms with Gasteiger partial charge in [-0.2, -0.15) is 0 Å². The number of carbonyl (C=O) groups excluding carboxylic acids is 1. The summed E-state index contributed by atoms with van der Waals surface area (Å²) in [6.45, 7) is 4.72. The van der Waals surface area contributed by atoms with E-state index in [1.54, 1.807) is 7.11 Å². The van der Waals surface area contributed by atoms with Crippen molar-refractivity contribution in [2.45, 2.75) is 39.2 Å². The molecule has 0 bridgehead atoms. The van der Waals surface area contributed by atoms with Crippen LogP contribution in [0, 0.1) is 13.8 Å². The van der Waals surface area contributed by atoms with Gasteiger partial charge in [-0.1, -0.05) is 18.2 Å². The lowest BCUT2D eigenvalue weighted by atomic mass is 9.95. The summed E-state index contributed by atoms with van der Waals surface area (Å²) in [5.41, 5.74) is 9.34. The van der Waals surface area contributed by atoms with Crippen LogP contribution >= 0.6 is 0 Å². The largest absolute Gasteiger partial charge is 0.385 e. The third kappa shape index (κ3) is 4.24. The number of hydrogen-bond donors (Lipinski definition) is 1. The average Bonchev–Trinajstić information content (AvgIpc) is 2.34. The average molecular weight is 249 g/mol. The molecule has 3 heteroatoms. The maximum Gasteiger partial charge on any atom is 0.153 e. The zero-order chi connectivity index (χ0) is 13.5. The molecular weight excluding hydrogens is 226 g/mol. The van der Waals surface area contributed by atoms with Crippen molar-refractivity contribution in [2.75, 3.05) is 13.7 Å². The molecule has 0 spiro atoms. The Kier molecular flexibility index (Phi) is 6.02. The summed E-state index contributed by atoms with van der Waals surface area (Å²) in [4.78, 5) is 12.0. The maximum atomic E-state index is 12.0. The monoisotopic (exact) mass is 249 g/mol. The highest BCUT2D eigenvalue weighted by Gasteiger charge is 2.15. The topological polar surface area (TPSA) is 52.3 Å². The molecule has 0 aliphatic heterocycles. The minimum absolute atomic E-state index is 0.114. The van der Waals surface area contributed by atoms with Gasteiger partial charge in [0.05, 0.1) is 6.04 Å². The smallest absolute Gasteiger partial charge is 0.153 e. The van der Waals surface area contributed by atoms with E-state index < -0.39 is 0 Å². The van der Waals surface area contributed by atoms with Gasteiger partial charge in [-0.15, -0.1) is 0 Å². The fourth-order valence-electron chi connectivity index (χ4n) is 2.04. The fourth-order valence-corrected chi connectivity index (χ4v) is 2.04. The highest BCUT2D eigenvalue weighted by molar-refractivity contribution is 5.86. The molecule has 2 N–H and O–H groups in total. The van der Waals surface area contributed by atoms with Crippen LogP contribution in [0.5, 0.6) is 0 Å². The molecule has 0 saturated heterocycles. The molecule has 0 radical (unpaired) electrons. The van der Waals surface area contributed by atoms with Crippen LogP contribution in [-0.2, 0) is 16.0 Å². The van der Waals surface area contributed by atoms with Crippen molar-refractivity contribution in [1.29, 1.82) is 0 Å². The van der Waals surface area contributed by atoms with E-state index >= 15 is 0 Å². The van der Waals surface area contributed by atoms with Crippen LogP contribution in [0.15, 0.2) is 18.2 Å². The lowest BCUT2D eigenvalue weighted by Crippen LogP contribution is -2.32. The van der Waals surface area contributed by atoms with E-state index in [9.17, 15) is 4.79 Å². The Bertz CT molecular complexity index is 381. The molecule has 0 aliphatic carbocycles. The van der Waals surface area contributed by atoms with E-state index in [0.29, 0.717) is 19.4 Å².